The lowest BCUT2D eigenvalue weighted by atomic mass is 10.1. The topological polar surface area (TPSA) is 115 Å². The summed E-state index contributed by atoms with van der Waals surface area (Å²) in [6, 6.07) is 7.90. The zero-order valence-corrected chi connectivity index (χ0v) is 10.5. The molecule has 0 unspecified atom stereocenters. The lowest BCUT2D eigenvalue weighted by molar-refractivity contribution is 0.102. The van der Waals surface area contributed by atoms with Crippen LogP contribution in [0.2, 0.25) is 0 Å². The number of amides is 1. The Hall–Kier alpha value is -2.67. The summed E-state index contributed by atoms with van der Waals surface area (Å²) in [5, 5.41) is 11.4. The highest BCUT2D eigenvalue weighted by Crippen LogP contribution is 2.10. The van der Waals surface area contributed by atoms with E-state index < -0.39 is 17.2 Å². The van der Waals surface area contributed by atoms with Crippen LogP contribution in [0.15, 0.2) is 39.9 Å². The maximum absolute atomic E-state index is 11.9. The molecule has 104 valence electrons. The third kappa shape index (κ3) is 3.42. The number of aliphatic hydroxyl groups excluding tert-OH is 1. The van der Waals surface area contributed by atoms with Crippen LogP contribution in [0.3, 0.4) is 0 Å². The second-order valence-corrected chi connectivity index (χ2v) is 4.13. The average molecular weight is 275 g/mol. The number of aliphatic hydroxyl groups is 1. The van der Waals surface area contributed by atoms with E-state index in [0.717, 1.165) is 11.6 Å². The first-order valence-electron chi connectivity index (χ1n) is 5.93. The van der Waals surface area contributed by atoms with Gasteiger partial charge in [0.05, 0.1) is 0 Å². The van der Waals surface area contributed by atoms with Crippen molar-refractivity contribution in [2.75, 3.05) is 11.9 Å². The number of benzene rings is 1. The fourth-order valence-electron chi connectivity index (χ4n) is 1.67. The molecule has 2 aromatic rings. The molecule has 0 aliphatic rings. The van der Waals surface area contributed by atoms with Crippen molar-refractivity contribution >= 4 is 11.6 Å². The Balaban J connectivity index is 2.14. The highest BCUT2D eigenvalue weighted by atomic mass is 16.3. The Morgan fingerprint density at radius 1 is 1.15 bits per heavy atom. The van der Waals surface area contributed by atoms with Crippen LogP contribution in [0.4, 0.5) is 5.69 Å². The SMILES string of the molecule is O=C(Nc1ccc(CCO)cc1)c1cc(=O)[nH]c(=O)[nH]1. The highest BCUT2D eigenvalue weighted by molar-refractivity contribution is 6.02. The Labute approximate surface area is 113 Å². The standard InChI is InChI=1S/C13H13N3O4/c17-6-5-8-1-3-9(4-2-8)14-12(19)10-7-11(18)16-13(20)15-10/h1-4,7,17H,5-6H2,(H,14,19)(H2,15,16,18,20). The number of aromatic nitrogens is 2. The van der Waals surface area contributed by atoms with E-state index in [1.807, 2.05) is 4.98 Å². The molecule has 0 fully saturated rings. The Morgan fingerprint density at radius 3 is 2.45 bits per heavy atom. The molecule has 0 bridgehead atoms. The van der Waals surface area contributed by atoms with Crippen LogP contribution in [0.1, 0.15) is 16.1 Å². The average Bonchev–Trinajstić information content (AvgIpc) is 2.40. The predicted octanol–water partition coefficient (Wildman–Crippen LogP) is -0.150. The van der Waals surface area contributed by atoms with Gasteiger partial charge in [-0.3, -0.25) is 14.6 Å². The molecule has 1 aromatic carbocycles. The van der Waals surface area contributed by atoms with E-state index in [4.69, 9.17) is 5.11 Å². The Kier molecular flexibility index (Phi) is 4.11. The monoisotopic (exact) mass is 275 g/mol. The zero-order chi connectivity index (χ0) is 14.5. The molecular formula is C13H13N3O4. The number of hydrogen-bond donors (Lipinski definition) is 4. The molecule has 2 rings (SSSR count). The Bertz CT molecular complexity index is 687. The maximum Gasteiger partial charge on any atom is 0.326 e. The van der Waals surface area contributed by atoms with E-state index >= 15 is 0 Å². The molecule has 7 heteroatoms. The summed E-state index contributed by atoms with van der Waals surface area (Å²) in [7, 11) is 0. The van der Waals surface area contributed by atoms with Crippen molar-refractivity contribution in [1.29, 1.82) is 0 Å². The summed E-state index contributed by atoms with van der Waals surface area (Å²) >= 11 is 0. The van der Waals surface area contributed by atoms with Gasteiger partial charge in [-0.1, -0.05) is 12.1 Å². The number of rotatable bonds is 4. The molecule has 0 spiro atoms. The first-order valence-corrected chi connectivity index (χ1v) is 5.93. The van der Waals surface area contributed by atoms with Crippen LogP contribution in [-0.2, 0) is 6.42 Å². The van der Waals surface area contributed by atoms with Crippen LogP contribution in [0.5, 0.6) is 0 Å². The van der Waals surface area contributed by atoms with Gasteiger partial charge in [0.2, 0.25) is 0 Å². The summed E-state index contributed by atoms with van der Waals surface area (Å²) in [4.78, 5) is 38.3. The van der Waals surface area contributed by atoms with Crippen molar-refractivity contribution in [1.82, 2.24) is 9.97 Å². The quantitative estimate of drug-likeness (QED) is 0.621. The van der Waals surface area contributed by atoms with Crippen molar-refractivity contribution in [3.63, 3.8) is 0 Å². The Morgan fingerprint density at radius 2 is 1.85 bits per heavy atom. The number of hydrogen-bond acceptors (Lipinski definition) is 4. The summed E-state index contributed by atoms with van der Waals surface area (Å²) in [6.45, 7) is 0.0553. The van der Waals surface area contributed by atoms with E-state index in [-0.39, 0.29) is 12.3 Å². The number of H-pyrrole nitrogens is 2. The lowest BCUT2D eigenvalue weighted by Gasteiger charge is -2.05. The van der Waals surface area contributed by atoms with Gasteiger partial charge in [0.15, 0.2) is 0 Å². The summed E-state index contributed by atoms with van der Waals surface area (Å²) in [6.07, 6.45) is 0.537. The molecule has 7 nitrogen and oxygen atoms in total. The highest BCUT2D eigenvalue weighted by Gasteiger charge is 2.08. The minimum absolute atomic E-state index is 0.0553. The first-order chi connectivity index (χ1) is 9.58. The molecule has 0 atom stereocenters. The smallest absolute Gasteiger partial charge is 0.326 e. The van der Waals surface area contributed by atoms with E-state index in [2.05, 4.69) is 10.3 Å². The van der Waals surface area contributed by atoms with Crippen LogP contribution < -0.4 is 16.6 Å². The van der Waals surface area contributed by atoms with Crippen molar-refractivity contribution in [2.24, 2.45) is 0 Å². The third-order valence-corrected chi connectivity index (χ3v) is 2.62. The van der Waals surface area contributed by atoms with Gasteiger partial charge in [0, 0.05) is 18.4 Å². The number of carbonyl (C=O) groups excluding carboxylic acids is 1. The molecule has 20 heavy (non-hydrogen) atoms. The lowest BCUT2D eigenvalue weighted by Crippen LogP contribution is -2.27. The first kappa shape index (κ1) is 13.8. The molecule has 4 N–H and O–H groups in total. The van der Waals surface area contributed by atoms with Gasteiger partial charge in [0.25, 0.3) is 11.5 Å². The molecule has 1 heterocycles. The van der Waals surface area contributed by atoms with E-state index in [1.54, 1.807) is 24.3 Å². The van der Waals surface area contributed by atoms with Gasteiger partial charge < -0.3 is 15.4 Å². The molecule has 0 radical (unpaired) electrons. The van der Waals surface area contributed by atoms with E-state index in [9.17, 15) is 14.4 Å². The van der Waals surface area contributed by atoms with Gasteiger partial charge in [-0.05, 0) is 24.1 Å². The van der Waals surface area contributed by atoms with Crippen molar-refractivity contribution in [2.45, 2.75) is 6.42 Å². The molecule has 0 aliphatic carbocycles. The molecule has 1 aromatic heterocycles. The van der Waals surface area contributed by atoms with Gasteiger partial charge >= 0.3 is 5.69 Å². The van der Waals surface area contributed by atoms with Gasteiger partial charge in [-0.2, -0.15) is 0 Å². The summed E-state index contributed by atoms with van der Waals surface area (Å²) in [5.41, 5.74) is -0.0239. The third-order valence-electron chi connectivity index (χ3n) is 2.62. The molecular weight excluding hydrogens is 262 g/mol. The molecule has 0 saturated carbocycles. The largest absolute Gasteiger partial charge is 0.396 e. The van der Waals surface area contributed by atoms with Crippen LogP contribution in [0, 0.1) is 0 Å². The fourth-order valence-corrected chi connectivity index (χ4v) is 1.67. The zero-order valence-electron chi connectivity index (χ0n) is 10.5. The van der Waals surface area contributed by atoms with Gasteiger partial charge in [0.1, 0.15) is 5.69 Å². The second-order valence-electron chi connectivity index (χ2n) is 4.13. The van der Waals surface area contributed by atoms with Crippen molar-refractivity contribution in [3.8, 4) is 0 Å². The van der Waals surface area contributed by atoms with E-state index in [1.165, 1.54) is 0 Å². The van der Waals surface area contributed by atoms with Gasteiger partial charge in [-0.15, -0.1) is 0 Å². The van der Waals surface area contributed by atoms with Crippen LogP contribution in [0.25, 0.3) is 0 Å². The number of carbonyl (C=O) groups is 1. The number of nitrogens with one attached hydrogen (secondary N) is 3. The predicted molar refractivity (Wildman–Crippen MR) is 72.9 cm³/mol. The maximum atomic E-state index is 11.9. The van der Waals surface area contributed by atoms with Crippen LogP contribution in [-0.4, -0.2) is 27.6 Å². The second kappa shape index (κ2) is 5.98. The number of aromatic amines is 2. The summed E-state index contributed by atoms with van der Waals surface area (Å²) in [5.74, 6) is -0.580. The number of anilines is 1. The van der Waals surface area contributed by atoms with Crippen molar-refractivity contribution < 1.29 is 9.90 Å². The fraction of sp³-hybridized carbons (Fsp3) is 0.154. The minimum Gasteiger partial charge on any atom is -0.396 e. The van der Waals surface area contributed by atoms with Crippen LogP contribution >= 0.6 is 0 Å². The molecule has 0 aliphatic heterocycles. The molecule has 0 saturated heterocycles. The normalized spacial score (nSPS) is 10.2. The van der Waals surface area contributed by atoms with E-state index in [0.29, 0.717) is 12.1 Å². The van der Waals surface area contributed by atoms with Gasteiger partial charge in [-0.25, -0.2) is 4.79 Å². The molecule has 1 amide bonds. The summed E-state index contributed by atoms with van der Waals surface area (Å²) < 4.78 is 0. The van der Waals surface area contributed by atoms with Crippen molar-refractivity contribution in [3.05, 3.63) is 62.4 Å². The minimum atomic E-state index is -0.735.